The molecule has 1 amide bonds. The minimum atomic E-state index is -0.189. The van der Waals surface area contributed by atoms with E-state index < -0.39 is 0 Å². The van der Waals surface area contributed by atoms with Crippen LogP contribution in [0.25, 0.3) is 11.4 Å². The molecule has 24 heavy (non-hydrogen) atoms. The highest BCUT2D eigenvalue weighted by Gasteiger charge is 2.33. The van der Waals surface area contributed by atoms with Crippen molar-refractivity contribution in [3.8, 4) is 11.4 Å². The molecule has 1 aliphatic rings. The van der Waals surface area contributed by atoms with Crippen LogP contribution in [0.1, 0.15) is 41.6 Å². The molecule has 0 aliphatic carbocycles. The van der Waals surface area contributed by atoms with Gasteiger partial charge in [0.05, 0.1) is 11.8 Å². The maximum Gasteiger partial charge on any atom is 0.257 e. The molecule has 3 aromatic rings. The minimum Gasteiger partial charge on any atom is -0.472 e. The Hall–Kier alpha value is -2.89. The first kappa shape index (κ1) is 14.7. The third kappa shape index (κ3) is 2.71. The first-order chi connectivity index (χ1) is 11.8. The quantitative estimate of drug-likeness (QED) is 0.735. The van der Waals surface area contributed by atoms with Crippen molar-refractivity contribution in [2.75, 3.05) is 6.54 Å². The van der Waals surface area contributed by atoms with E-state index in [9.17, 15) is 4.79 Å². The van der Waals surface area contributed by atoms with Gasteiger partial charge in [-0.05, 0) is 25.3 Å². The lowest BCUT2D eigenvalue weighted by atomic mass is 10.0. The van der Waals surface area contributed by atoms with Crippen LogP contribution in [0.4, 0.5) is 0 Å². The van der Waals surface area contributed by atoms with Gasteiger partial charge >= 0.3 is 0 Å². The van der Waals surface area contributed by atoms with E-state index in [1.807, 2.05) is 30.3 Å². The molecule has 1 atom stereocenters. The van der Waals surface area contributed by atoms with Crippen LogP contribution in [0.5, 0.6) is 0 Å². The summed E-state index contributed by atoms with van der Waals surface area (Å²) in [6.07, 6.45) is 5.80. The highest BCUT2D eigenvalue weighted by Crippen LogP contribution is 2.32. The van der Waals surface area contributed by atoms with Gasteiger partial charge in [-0.3, -0.25) is 4.79 Å². The van der Waals surface area contributed by atoms with Crippen LogP contribution in [0.15, 0.2) is 57.9 Å². The van der Waals surface area contributed by atoms with Crippen molar-refractivity contribution in [2.45, 2.75) is 25.3 Å². The molecule has 1 aliphatic heterocycles. The van der Waals surface area contributed by atoms with E-state index >= 15 is 0 Å². The summed E-state index contributed by atoms with van der Waals surface area (Å²) in [4.78, 5) is 19.0. The molecule has 0 spiro atoms. The summed E-state index contributed by atoms with van der Waals surface area (Å²) in [6, 6.07) is 11.2. The maximum atomic E-state index is 12.7. The molecule has 0 radical (unpaired) electrons. The number of likely N-dealkylation sites (tertiary alicyclic amines) is 1. The van der Waals surface area contributed by atoms with Crippen LogP contribution in [0.3, 0.4) is 0 Å². The largest absolute Gasteiger partial charge is 0.472 e. The van der Waals surface area contributed by atoms with Crippen LogP contribution < -0.4 is 0 Å². The van der Waals surface area contributed by atoms with E-state index in [-0.39, 0.29) is 11.9 Å². The van der Waals surface area contributed by atoms with E-state index in [4.69, 9.17) is 8.94 Å². The number of amides is 1. The predicted octanol–water partition coefficient (Wildman–Crippen LogP) is 3.70. The van der Waals surface area contributed by atoms with Crippen molar-refractivity contribution >= 4 is 5.91 Å². The Balaban J connectivity index is 1.62. The normalized spacial score (nSPS) is 17.8. The molecule has 3 heterocycles. The summed E-state index contributed by atoms with van der Waals surface area (Å²) in [5, 5.41) is 4.08. The molecule has 122 valence electrons. The van der Waals surface area contributed by atoms with E-state index in [1.54, 1.807) is 11.0 Å². The van der Waals surface area contributed by atoms with Gasteiger partial charge in [-0.1, -0.05) is 35.5 Å². The molecule has 2 aromatic heterocycles. The summed E-state index contributed by atoms with van der Waals surface area (Å²) in [7, 11) is 0. The fourth-order valence-electron chi connectivity index (χ4n) is 3.06. The van der Waals surface area contributed by atoms with Crippen molar-refractivity contribution in [3.63, 3.8) is 0 Å². The second-order valence-electron chi connectivity index (χ2n) is 5.84. The summed E-state index contributed by atoms with van der Waals surface area (Å²) in [6.45, 7) is 0.678. The zero-order valence-corrected chi connectivity index (χ0v) is 13.1. The number of hydrogen-bond donors (Lipinski definition) is 0. The van der Waals surface area contributed by atoms with Crippen LogP contribution in [-0.2, 0) is 0 Å². The molecular formula is C18H17N3O3. The summed E-state index contributed by atoms with van der Waals surface area (Å²) in [5.41, 5.74) is 1.45. The Morgan fingerprint density at radius 3 is 2.83 bits per heavy atom. The predicted molar refractivity (Wildman–Crippen MR) is 86.1 cm³/mol. The maximum absolute atomic E-state index is 12.7. The number of piperidine rings is 1. The molecule has 6 heteroatoms. The van der Waals surface area contributed by atoms with Gasteiger partial charge in [0, 0.05) is 12.1 Å². The highest BCUT2D eigenvalue weighted by molar-refractivity contribution is 5.94. The standard InChI is InChI=1S/C18H17N3O3/c22-18(14-9-11-23-12-14)21-10-5-4-8-15(21)17-19-16(20-24-17)13-6-2-1-3-7-13/h1-3,6-7,9,11-12,15H,4-5,8,10H2. The Kier molecular flexibility index (Phi) is 3.86. The summed E-state index contributed by atoms with van der Waals surface area (Å²) in [5.74, 6) is 0.977. The second kappa shape index (κ2) is 6.31. The Labute approximate surface area is 139 Å². The zero-order chi connectivity index (χ0) is 16.4. The van der Waals surface area contributed by atoms with Crippen molar-refractivity contribution in [3.05, 3.63) is 60.4 Å². The third-order valence-electron chi connectivity index (χ3n) is 4.29. The second-order valence-corrected chi connectivity index (χ2v) is 5.84. The van der Waals surface area contributed by atoms with Crippen LogP contribution in [0, 0.1) is 0 Å². The van der Waals surface area contributed by atoms with E-state index in [0.29, 0.717) is 23.8 Å². The van der Waals surface area contributed by atoms with Crippen molar-refractivity contribution in [2.24, 2.45) is 0 Å². The van der Waals surface area contributed by atoms with Crippen LogP contribution in [-0.4, -0.2) is 27.5 Å². The molecule has 1 saturated heterocycles. The van der Waals surface area contributed by atoms with E-state index in [0.717, 1.165) is 24.8 Å². The van der Waals surface area contributed by atoms with Crippen molar-refractivity contribution < 1.29 is 13.7 Å². The third-order valence-corrected chi connectivity index (χ3v) is 4.29. The van der Waals surface area contributed by atoms with Crippen molar-refractivity contribution in [1.29, 1.82) is 0 Å². The monoisotopic (exact) mass is 323 g/mol. The molecule has 6 nitrogen and oxygen atoms in total. The summed E-state index contributed by atoms with van der Waals surface area (Å²) >= 11 is 0. The van der Waals surface area contributed by atoms with E-state index in [2.05, 4.69) is 10.1 Å². The molecule has 1 fully saturated rings. The first-order valence-electron chi connectivity index (χ1n) is 8.05. The number of aromatic nitrogens is 2. The van der Waals surface area contributed by atoms with Gasteiger partial charge in [0.15, 0.2) is 0 Å². The van der Waals surface area contributed by atoms with E-state index in [1.165, 1.54) is 12.5 Å². The molecule has 0 N–H and O–H groups in total. The van der Waals surface area contributed by atoms with Gasteiger partial charge < -0.3 is 13.8 Å². The number of furan rings is 1. The van der Waals surface area contributed by atoms with Crippen LogP contribution in [0.2, 0.25) is 0 Å². The molecule has 1 unspecified atom stereocenters. The number of rotatable bonds is 3. The molecule has 1 aromatic carbocycles. The average Bonchev–Trinajstić information content (AvgIpc) is 3.34. The number of hydrogen-bond acceptors (Lipinski definition) is 5. The van der Waals surface area contributed by atoms with Crippen molar-refractivity contribution in [1.82, 2.24) is 15.0 Å². The Morgan fingerprint density at radius 2 is 2.04 bits per heavy atom. The van der Waals surface area contributed by atoms with Crippen LogP contribution >= 0.6 is 0 Å². The minimum absolute atomic E-state index is 0.0621. The number of carbonyl (C=O) groups is 1. The van der Waals surface area contributed by atoms with Gasteiger partial charge in [-0.25, -0.2) is 0 Å². The Bertz CT molecular complexity index is 811. The number of nitrogens with zero attached hydrogens (tertiary/aromatic N) is 3. The van der Waals surface area contributed by atoms with Gasteiger partial charge in [-0.15, -0.1) is 0 Å². The lowest BCUT2D eigenvalue weighted by Gasteiger charge is -2.33. The fraction of sp³-hybridized carbons (Fsp3) is 0.278. The zero-order valence-electron chi connectivity index (χ0n) is 13.1. The lowest BCUT2D eigenvalue weighted by Crippen LogP contribution is -2.38. The number of carbonyl (C=O) groups excluding carboxylic acids is 1. The van der Waals surface area contributed by atoms with Gasteiger partial charge in [0.2, 0.25) is 11.7 Å². The lowest BCUT2D eigenvalue weighted by molar-refractivity contribution is 0.0560. The average molecular weight is 323 g/mol. The number of benzene rings is 1. The smallest absolute Gasteiger partial charge is 0.257 e. The first-order valence-corrected chi connectivity index (χ1v) is 8.05. The molecular weight excluding hydrogens is 306 g/mol. The van der Waals surface area contributed by atoms with Gasteiger partial charge in [0.25, 0.3) is 5.91 Å². The Morgan fingerprint density at radius 1 is 1.17 bits per heavy atom. The van der Waals surface area contributed by atoms with Gasteiger partial charge in [-0.2, -0.15) is 4.98 Å². The topological polar surface area (TPSA) is 72.4 Å². The van der Waals surface area contributed by atoms with Gasteiger partial charge in [0.1, 0.15) is 12.3 Å². The highest BCUT2D eigenvalue weighted by atomic mass is 16.5. The molecule has 0 bridgehead atoms. The fourth-order valence-corrected chi connectivity index (χ4v) is 3.06. The SMILES string of the molecule is O=C(c1ccoc1)N1CCCCC1c1nc(-c2ccccc2)no1. The molecule has 0 saturated carbocycles. The molecule has 4 rings (SSSR count). The summed E-state index contributed by atoms with van der Waals surface area (Å²) < 4.78 is 10.5.